The molecule has 0 amide bonds. The molecule has 0 heterocycles. The number of hydrogen-bond acceptors (Lipinski definition) is 0. The minimum absolute atomic E-state index is 0.606. The van der Waals surface area contributed by atoms with Crippen LogP contribution in [0, 0.1) is 24.2 Å². The Balaban J connectivity index is 2.44. The Kier molecular flexibility index (Phi) is 2.16. The first-order valence-electron chi connectivity index (χ1n) is 3.84. The molecule has 0 spiro atoms. The van der Waals surface area contributed by atoms with Crippen molar-refractivity contribution < 1.29 is 0 Å². The first-order chi connectivity index (χ1) is 4.38. The van der Waals surface area contributed by atoms with Gasteiger partial charge in [0.25, 0.3) is 0 Å². The van der Waals surface area contributed by atoms with Crippen molar-refractivity contribution in [3.63, 3.8) is 0 Å². The van der Waals surface area contributed by atoms with Crippen LogP contribution < -0.4 is 0 Å². The molecule has 0 aromatic carbocycles. The van der Waals surface area contributed by atoms with E-state index in [0.717, 1.165) is 5.92 Å². The van der Waals surface area contributed by atoms with Gasteiger partial charge in [0.1, 0.15) is 0 Å². The molecule has 0 aliphatic heterocycles. The monoisotopic (exact) mass is 122 g/mol. The van der Waals surface area contributed by atoms with E-state index < -0.39 is 0 Å². The molecule has 9 heavy (non-hydrogen) atoms. The SMILES string of the molecule is C#CC1CCCC1CC. The molecule has 2 unspecified atom stereocenters. The Morgan fingerprint density at radius 2 is 2.33 bits per heavy atom. The van der Waals surface area contributed by atoms with Crippen molar-refractivity contribution in [2.75, 3.05) is 0 Å². The lowest BCUT2D eigenvalue weighted by atomic mass is 9.95. The van der Waals surface area contributed by atoms with Crippen LogP contribution in [0.4, 0.5) is 0 Å². The molecule has 2 atom stereocenters. The Labute approximate surface area is 57.7 Å². The van der Waals surface area contributed by atoms with Crippen LogP contribution >= 0.6 is 0 Å². The summed E-state index contributed by atoms with van der Waals surface area (Å²) in [7, 11) is 0. The molecule has 0 nitrogen and oxygen atoms in total. The lowest BCUT2D eigenvalue weighted by molar-refractivity contribution is 0.457. The van der Waals surface area contributed by atoms with Gasteiger partial charge in [-0.2, -0.15) is 0 Å². The summed E-state index contributed by atoms with van der Waals surface area (Å²) < 4.78 is 0. The van der Waals surface area contributed by atoms with Gasteiger partial charge in [-0.25, -0.2) is 0 Å². The van der Waals surface area contributed by atoms with Gasteiger partial charge < -0.3 is 0 Å². The highest BCUT2D eigenvalue weighted by Crippen LogP contribution is 2.32. The van der Waals surface area contributed by atoms with E-state index >= 15 is 0 Å². The zero-order chi connectivity index (χ0) is 6.69. The zero-order valence-corrected chi connectivity index (χ0v) is 6.06. The zero-order valence-electron chi connectivity index (χ0n) is 6.06. The topological polar surface area (TPSA) is 0 Å². The molecule has 0 heteroatoms. The summed E-state index contributed by atoms with van der Waals surface area (Å²) in [5, 5.41) is 0. The van der Waals surface area contributed by atoms with Crippen molar-refractivity contribution >= 4 is 0 Å². The maximum atomic E-state index is 5.35. The van der Waals surface area contributed by atoms with Crippen LogP contribution in [-0.4, -0.2) is 0 Å². The van der Waals surface area contributed by atoms with Gasteiger partial charge in [0.2, 0.25) is 0 Å². The van der Waals surface area contributed by atoms with Crippen molar-refractivity contribution in [3.8, 4) is 12.3 Å². The van der Waals surface area contributed by atoms with Crippen LogP contribution in [0.5, 0.6) is 0 Å². The highest BCUT2D eigenvalue weighted by atomic mass is 14.3. The van der Waals surface area contributed by atoms with E-state index in [1.54, 1.807) is 0 Å². The maximum Gasteiger partial charge on any atom is 0.0228 e. The van der Waals surface area contributed by atoms with Crippen molar-refractivity contribution in [3.05, 3.63) is 0 Å². The molecule has 1 rings (SSSR count). The fraction of sp³-hybridized carbons (Fsp3) is 0.778. The Bertz CT molecular complexity index is 118. The number of hydrogen-bond donors (Lipinski definition) is 0. The minimum atomic E-state index is 0.606. The Morgan fingerprint density at radius 3 is 2.78 bits per heavy atom. The molecule has 0 aromatic rings. The largest absolute Gasteiger partial charge is 0.120 e. The third-order valence-electron chi connectivity index (χ3n) is 2.40. The average molecular weight is 122 g/mol. The molecular formula is C9H14. The van der Waals surface area contributed by atoms with E-state index in [1.165, 1.54) is 25.7 Å². The minimum Gasteiger partial charge on any atom is -0.120 e. The van der Waals surface area contributed by atoms with Crippen LogP contribution in [0.3, 0.4) is 0 Å². The molecule has 0 bridgehead atoms. The second-order valence-corrected chi connectivity index (χ2v) is 2.87. The van der Waals surface area contributed by atoms with Crippen molar-refractivity contribution in [2.24, 2.45) is 11.8 Å². The van der Waals surface area contributed by atoms with Gasteiger partial charge >= 0.3 is 0 Å². The molecule has 1 aliphatic carbocycles. The summed E-state index contributed by atoms with van der Waals surface area (Å²) in [6, 6.07) is 0. The molecule has 50 valence electrons. The number of terminal acetylenes is 1. The predicted molar refractivity (Wildman–Crippen MR) is 40.0 cm³/mol. The van der Waals surface area contributed by atoms with Crippen molar-refractivity contribution in [2.45, 2.75) is 32.6 Å². The van der Waals surface area contributed by atoms with E-state index in [4.69, 9.17) is 6.42 Å². The smallest absolute Gasteiger partial charge is 0.0228 e. The van der Waals surface area contributed by atoms with Gasteiger partial charge in [-0.3, -0.25) is 0 Å². The van der Waals surface area contributed by atoms with E-state index in [2.05, 4.69) is 12.8 Å². The average Bonchev–Trinajstić information content (AvgIpc) is 2.33. The van der Waals surface area contributed by atoms with Gasteiger partial charge in [-0.1, -0.05) is 19.8 Å². The van der Waals surface area contributed by atoms with Crippen LogP contribution in [-0.2, 0) is 0 Å². The first-order valence-corrected chi connectivity index (χ1v) is 3.84. The summed E-state index contributed by atoms with van der Waals surface area (Å²) in [5.41, 5.74) is 0. The molecule has 0 radical (unpaired) electrons. The molecule has 0 aromatic heterocycles. The number of rotatable bonds is 1. The lowest BCUT2D eigenvalue weighted by Gasteiger charge is -2.09. The third kappa shape index (κ3) is 1.27. The Hall–Kier alpha value is -0.440. The fourth-order valence-electron chi connectivity index (χ4n) is 1.74. The summed E-state index contributed by atoms with van der Waals surface area (Å²) in [6.45, 7) is 2.24. The van der Waals surface area contributed by atoms with Crippen molar-refractivity contribution in [1.82, 2.24) is 0 Å². The van der Waals surface area contributed by atoms with Crippen LogP contribution in [0.25, 0.3) is 0 Å². The van der Waals surface area contributed by atoms with E-state index in [0.29, 0.717) is 5.92 Å². The Morgan fingerprint density at radius 1 is 1.56 bits per heavy atom. The van der Waals surface area contributed by atoms with Crippen LogP contribution in [0.1, 0.15) is 32.6 Å². The van der Waals surface area contributed by atoms with Crippen molar-refractivity contribution in [1.29, 1.82) is 0 Å². The quantitative estimate of drug-likeness (QED) is 0.469. The summed E-state index contributed by atoms with van der Waals surface area (Å²) in [4.78, 5) is 0. The standard InChI is InChI=1S/C9H14/c1-3-8-6-5-7-9(8)4-2/h1,8-9H,4-7H2,2H3. The van der Waals surface area contributed by atoms with E-state index in [-0.39, 0.29) is 0 Å². The highest BCUT2D eigenvalue weighted by Gasteiger charge is 2.23. The summed E-state index contributed by atoms with van der Waals surface area (Å²) >= 11 is 0. The highest BCUT2D eigenvalue weighted by molar-refractivity contribution is 4.98. The molecular weight excluding hydrogens is 108 g/mol. The molecule has 1 aliphatic rings. The van der Waals surface area contributed by atoms with E-state index in [1.807, 2.05) is 0 Å². The molecule has 0 saturated heterocycles. The van der Waals surface area contributed by atoms with Gasteiger partial charge in [0.05, 0.1) is 0 Å². The summed E-state index contributed by atoms with van der Waals surface area (Å²) in [6.07, 6.45) is 10.6. The lowest BCUT2D eigenvalue weighted by Crippen LogP contribution is -2.02. The second kappa shape index (κ2) is 2.92. The van der Waals surface area contributed by atoms with Gasteiger partial charge in [0.15, 0.2) is 0 Å². The van der Waals surface area contributed by atoms with E-state index in [9.17, 15) is 0 Å². The van der Waals surface area contributed by atoms with Gasteiger partial charge in [-0.05, 0) is 18.8 Å². The van der Waals surface area contributed by atoms with Gasteiger partial charge in [-0.15, -0.1) is 12.3 Å². The molecule has 1 fully saturated rings. The third-order valence-corrected chi connectivity index (χ3v) is 2.40. The second-order valence-electron chi connectivity index (χ2n) is 2.87. The van der Waals surface area contributed by atoms with Gasteiger partial charge in [0, 0.05) is 5.92 Å². The first kappa shape index (κ1) is 6.68. The van der Waals surface area contributed by atoms with Crippen LogP contribution in [0.15, 0.2) is 0 Å². The predicted octanol–water partition coefficient (Wildman–Crippen LogP) is 2.45. The summed E-state index contributed by atoms with van der Waals surface area (Å²) in [5.74, 6) is 4.31. The maximum absolute atomic E-state index is 5.35. The molecule has 0 N–H and O–H groups in total. The van der Waals surface area contributed by atoms with Crippen LogP contribution in [0.2, 0.25) is 0 Å². The normalized spacial score (nSPS) is 34.2. The molecule has 1 saturated carbocycles. The fourth-order valence-corrected chi connectivity index (χ4v) is 1.74.